The summed E-state index contributed by atoms with van der Waals surface area (Å²) in [5.74, 6) is 2.44. The quantitative estimate of drug-likeness (QED) is 0.437. The van der Waals surface area contributed by atoms with Crippen LogP contribution in [0.25, 0.3) is 0 Å². The molecule has 2 amide bonds. The van der Waals surface area contributed by atoms with Gasteiger partial charge in [-0.2, -0.15) is 0 Å². The van der Waals surface area contributed by atoms with Crippen LogP contribution in [-0.4, -0.2) is 59.9 Å². The van der Waals surface area contributed by atoms with Crippen molar-refractivity contribution in [3.05, 3.63) is 35.9 Å². The lowest BCUT2D eigenvalue weighted by molar-refractivity contribution is -0.149. The number of hydrogen-bond acceptors (Lipinski definition) is 5. The van der Waals surface area contributed by atoms with E-state index < -0.39 is 35.9 Å². The third-order valence-electron chi connectivity index (χ3n) is 5.39. The largest absolute Gasteiger partial charge is 0.468 e. The van der Waals surface area contributed by atoms with Gasteiger partial charge in [0.2, 0.25) is 11.8 Å². The SMILES string of the molecule is C#C[C@@H]1[C@H]2C(=O)N(C)C(=O)[C@H]2[C@H](C#C)N1[C@@H](Cc1ccccc1)C(=O)OC. The molecule has 0 spiro atoms. The average Bonchev–Trinajstić information content (AvgIpc) is 3.14. The van der Waals surface area contributed by atoms with Crippen molar-refractivity contribution in [3.8, 4) is 24.7 Å². The second-order valence-electron chi connectivity index (χ2n) is 6.69. The molecular formula is C21H20N2O4. The molecule has 1 aromatic rings. The number of terminal acetylenes is 2. The average molecular weight is 364 g/mol. The van der Waals surface area contributed by atoms with E-state index in [1.54, 1.807) is 4.90 Å². The Hall–Kier alpha value is -3.09. The zero-order valence-corrected chi connectivity index (χ0v) is 15.2. The molecule has 2 aliphatic heterocycles. The molecule has 6 heteroatoms. The Kier molecular flexibility index (Phi) is 5.03. The van der Waals surface area contributed by atoms with Crippen LogP contribution < -0.4 is 0 Å². The van der Waals surface area contributed by atoms with Crippen molar-refractivity contribution in [3.63, 3.8) is 0 Å². The molecule has 27 heavy (non-hydrogen) atoms. The molecule has 2 heterocycles. The van der Waals surface area contributed by atoms with Crippen LogP contribution >= 0.6 is 0 Å². The number of imide groups is 1. The number of rotatable bonds is 4. The van der Waals surface area contributed by atoms with Gasteiger partial charge in [-0.15, -0.1) is 12.8 Å². The summed E-state index contributed by atoms with van der Waals surface area (Å²) in [7, 11) is 2.72. The van der Waals surface area contributed by atoms with E-state index in [-0.39, 0.29) is 11.8 Å². The lowest BCUT2D eigenvalue weighted by atomic mass is 9.90. The van der Waals surface area contributed by atoms with Gasteiger partial charge in [-0.3, -0.25) is 24.2 Å². The number of carbonyl (C=O) groups excluding carboxylic acids is 3. The number of ether oxygens (including phenoxy) is 1. The monoisotopic (exact) mass is 364 g/mol. The molecule has 0 bridgehead atoms. The first kappa shape index (κ1) is 18.7. The number of likely N-dealkylation sites (tertiary alicyclic amines) is 2. The first-order chi connectivity index (χ1) is 13.0. The Balaban J connectivity index is 2.04. The smallest absolute Gasteiger partial charge is 0.323 e. The Morgan fingerprint density at radius 1 is 1.11 bits per heavy atom. The lowest BCUT2D eigenvalue weighted by Gasteiger charge is -2.33. The van der Waals surface area contributed by atoms with E-state index in [1.165, 1.54) is 14.2 Å². The van der Waals surface area contributed by atoms with E-state index in [0.717, 1.165) is 10.5 Å². The highest BCUT2D eigenvalue weighted by Gasteiger charge is 2.62. The number of benzene rings is 1. The van der Waals surface area contributed by atoms with Gasteiger partial charge in [-0.1, -0.05) is 42.2 Å². The van der Waals surface area contributed by atoms with Crippen LogP contribution in [0.5, 0.6) is 0 Å². The minimum atomic E-state index is -0.795. The Bertz CT molecular complexity index is 811. The summed E-state index contributed by atoms with van der Waals surface area (Å²) in [5.41, 5.74) is 0.895. The standard InChI is InChI=1S/C21H20N2O4/c1-5-14-17-18(20(25)22(3)19(17)24)15(6-2)23(14)16(21(26)27-4)12-13-10-8-7-9-11-13/h1-2,7-11,14-18H,12H2,3-4H3/t14-,15+,16-,17-,18+/m0/s1. The van der Waals surface area contributed by atoms with Crippen LogP contribution in [0.2, 0.25) is 0 Å². The molecule has 0 unspecified atom stereocenters. The fourth-order valence-corrected chi connectivity index (χ4v) is 4.12. The Morgan fingerprint density at radius 2 is 1.63 bits per heavy atom. The molecule has 3 rings (SSSR count). The van der Waals surface area contributed by atoms with Crippen molar-refractivity contribution in [2.75, 3.05) is 14.2 Å². The minimum Gasteiger partial charge on any atom is -0.468 e. The summed E-state index contributed by atoms with van der Waals surface area (Å²) in [6, 6.07) is 7.05. The number of amides is 2. The summed E-state index contributed by atoms with van der Waals surface area (Å²) >= 11 is 0. The summed E-state index contributed by atoms with van der Waals surface area (Å²) in [6.45, 7) is 0. The second-order valence-corrected chi connectivity index (χ2v) is 6.69. The zero-order chi connectivity index (χ0) is 19.7. The molecule has 0 aliphatic carbocycles. The van der Waals surface area contributed by atoms with Gasteiger partial charge >= 0.3 is 5.97 Å². The van der Waals surface area contributed by atoms with Crippen LogP contribution in [0, 0.1) is 36.5 Å². The third-order valence-corrected chi connectivity index (χ3v) is 5.39. The van der Waals surface area contributed by atoms with E-state index >= 15 is 0 Å². The van der Waals surface area contributed by atoms with Crippen LogP contribution in [0.1, 0.15) is 5.56 Å². The van der Waals surface area contributed by atoms with Gasteiger partial charge in [0, 0.05) is 7.05 Å². The number of carbonyl (C=O) groups is 3. The van der Waals surface area contributed by atoms with Crippen LogP contribution in [-0.2, 0) is 25.5 Å². The first-order valence-electron chi connectivity index (χ1n) is 8.59. The molecule has 5 atom stereocenters. The predicted octanol–water partition coefficient (Wildman–Crippen LogP) is 0.321. The molecule has 0 N–H and O–H groups in total. The number of methoxy groups -OCH3 is 1. The number of fused-ring (bicyclic) bond motifs is 1. The Morgan fingerprint density at radius 3 is 2.07 bits per heavy atom. The number of nitrogens with zero attached hydrogens (tertiary/aromatic N) is 2. The Labute approximate surface area is 158 Å². The van der Waals surface area contributed by atoms with Gasteiger partial charge in [0.1, 0.15) is 6.04 Å². The summed E-state index contributed by atoms with van der Waals surface area (Å²) in [4.78, 5) is 40.5. The molecule has 2 saturated heterocycles. The summed E-state index contributed by atoms with van der Waals surface area (Å²) in [5, 5.41) is 0. The van der Waals surface area contributed by atoms with Crippen molar-refractivity contribution in [1.29, 1.82) is 0 Å². The van der Waals surface area contributed by atoms with Crippen molar-refractivity contribution in [2.45, 2.75) is 24.5 Å². The summed E-state index contributed by atoms with van der Waals surface area (Å²) in [6.07, 6.45) is 11.8. The van der Waals surface area contributed by atoms with E-state index in [4.69, 9.17) is 17.6 Å². The van der Waals surface area contributed by atoms with E-state index in [1.807, 2.05) is 30.3 Å². The topological polar surface area (TPSA) is 66.9 Å². The van der Waals surface area contributed by atoms with Gasteiger partial charge in [-0.25, -0.2) is 0 Å². The highest BCUT2D eigenvalue weighted by Crippen LogP contribution is 2.43. The normalized spacial score (nSPS) is 28.4. The van der Waals surface area contributed by atoms with Crippen LogP contribution in [0.3, 0.4) is 0 Å². The lowest BCUT2D eigenvalue weighted by Crippen LogP contribution is -2.52. The molecule has 6 nitrogen and oxygen atoms in total. The highest BCUT2D eigenvalue weighted by atomic mass is 16.5. The van der Waals surface area contributed by atoms with Crippen molar-refractivity contribution >= 4 is 17.8 Å². The molecule has 138 valence electrons. The fourth-order valence-electron chi connectivity index (χ4n) is 4.12. The molecule has 1 aromatic carbocycles. The molecule has 0 radical (unpaired) electrons. The maximum atomic E-state index is 12.6. The summed E-state index contributed by atoms with van der Waals surface area (Å²) < 4.78 is 4.98. The van der Waals surface area contributed by atoms with Crippen molar-refractivity contribution < 1.29 is 19.1 Å². The van der Waals surface area contributed by atoms with Crippen LogP contribution in [0.4, 0.5) is 0 Å². The van der Waals surface area contributed by atoms with Gasteiger partial charge in [-0.05, 0) is 12.0 Å². The molecule has 2 fully saturated rings. The zero-order valence-electron chi connectivity index (χ0n) is 15.2. The fraction of sp³-hybridized carbons (Fsp3) is 0.381. The van der Waals surface area contributed by atoms with E-state index in [2.05, 4.69) is 11.8 Å². The van der Waals surface area contributed by atoms with Gasteiger partial charge in [0.05, 0.1) is 31.0 Å². The van der Waals surface area contributed by atoms with E-state index in [0.29, 0.717) is 6.42 Å². The third kappa shape index (κ3) is 2.89. The predicted molar refractivity (Wildman–Crippen MR) is 97.8 cm³/mol. The number of esters is 1. The van der Waals surface area contributed by atoms with Crippen LogP contribution in [0.15, 0.2) is 30.3 Å². The molecular weight excluding hydrogens is 344 g/mol. The first-order valence-corrected chi connectivity index (χ1v) is 8.59. The van der Waals surface area contributed by atoms with E-state index in [9.17, 15) is 14.4 Å². The highest BCUT2D eigenvalue weighted by molar-refractivity contribution is 6.06. The minimum absolute atomic E-state index is 0.307. The van der Waals surface area contributed by atoms with Gasteiger partial charge < -0.3 is 4.74 Å². The maximum absolute atomic E-state index is 12.6. The molecule has 0 aromatic heterocycles. The molecule has 0 saturated carbocycles. The van der Waals surface area contributed by atoms with Gasteiger partial charge in [0.25, 0.3) is 0 Å². The van der Waals surface area contributed by atoms with Crippen molar-refractivity contribution in [2.24, 2.45) is 11.8 Å². The second kappa shape index (κ2) is 7.26. The number of hydrogen-bond donors (Lipinski definition) is 0. The maximum Gasteiger partial charge on any atom is 0.323 e. The van der Waals surface area contributed by atoms with Crippen molar-refractivity contribution in [1.82, 2.24) is 9.80 Å². The van der Waals surface area contributed by atoms with Gasteiger partial charge in [0.15, 0.2) is 0 Å². The molecule has 2 aliphatic rings.